The monoisotopic (exact) mass is 676 g/mol. The van der Waals surface area contributed by atoms with E-state index < -0.39 is 35.8 Å². The van der Waals surface area contributed by atoms with E-state index in [0.717, 1.165) is 18.6 Å². The molecule has 1 fully saturated rings. The molecule has 1 amide bonds. The van der Waals surface area contributed by atoms with Crippen molar-refractivity contribution in [2.24, 2.45) is 0 Å². The number of aromatic nitrogens is 8. The number of imidazole rings is 1. The first-order valence-electron chi connectivity index (χ1n) is 14.6. The van der Waals surface area contributed by atoms with E-state index in [4.69, 9.17) is 0 Å². The molecule has 0 spiro atoms. The standard InChI is InChI=1S/C28H31F3N10O7/c1-26(2,44)13-38-17-6-7-20(36-23(17)22(37-38)14-10-33-39(12-14)27(29,30)31)35-21-9-18-19(11-32-21)41(28(45,46)47)25(43)40(18)16-5-4-15(8-16)34-24(42)48-3/h6-7,9-12,15-16,44-47H,4-5,8,13H2,1-3H3,(H,34,42)(H,32,35,36). The summed E-state index contributed by atoms with van der Waals surface area (Å²) >= 11 is 0. The van der Waals surface area contributed by atoms with Crippen LogP contribution in [0.25, 0.3) is 33.3 Å². The quantitative estimate of drug-likeness (QED) is 0.130. The number of halogens is 3. The molecule has 1 aliphatic carbocycles. The molecule has 5 heterocycles. The average molecular weight is 677 g/mol. The van der Waals surface area contributed by atoms with Gasteiger partial charge in [-0.15, -0.1) is 13.2 Å². The molecular weight excluding hydrogens is 645 g/mol. The summed E-state index contributed by atoms with van der Waals surface area (Å²) in [4.78, 5) is 34.0. The Balaban J connectivity index is 1.40. The summed E-state index contributed by atoms with van der Waals surface area (Å²) in [7, 11) is 1.22. The lowest BCUT2D eigenvalue weighted by Crippen LogP contribution is -2.41. The van der Waals surface area contributed by atoms with E-state index in [9.17, 15) is 43.2 Å². The molecule has 6 N–H and O–H groups in total. The van der Waals surface area contributed by atoms with E-state index in [2.05, 4.69) is 35.5 Å². The van der Waals surface area contributed by atoms with Crippen molar-refractivity contribution in [1.82, 2.24) is 44.0 Å². The number of carbonyl (C=O) groups is 1. The lowest BCUT2D eigenvalue weighted by Gasteiger charge is -2.17. The van der Waals surface area contributed by atoms with Gasteiger partial charge in [0.05, 0.1) is 48.2 Å². The fourth-order valence-corrected chi connectivity index (χ4v) is 5.90. The Morgan fingerprint density at radius 2 is 1.81 bits per heavy atom. The first-order valence-corrected chi connectivity index (χ1v) is 14.6. The summed E-state index contributed by atoms with van der Waals surface area (Å²) < 4.78 is 47.5. The zero-order valence-corrected chi connectivity index (χ0v) is 25.7. The van der Waals surface area contributed by atoms with Crippen LogP contribution in [0.1, 0.15) is 39.2 Å². The van der Waals surface area contributed by atoms with Crippen LogP contribution in [0.3, 0.4) is 0 Å². The van der Waals surface area contributed by atoms with Gasteiger partial charge in [0.2, 0.25) is 0 Å². The lowest BCUT2D eigenvalue weighted by atomic mass is 10.1. The number of methoxy groups -OCH3 is 1. The molecule has 1 saturated carbocycles. The molecule has 0 saturated heterocycles. The molecule has 5 aromatic rings. The number of nitrogens with one attached hydrogen (secondary N) is 2. The number of pyridine rings is 2. The second-order valence-corrected chi connectivity index (χ2v) is 12.1. The first kappa shape index (κ1) is 32.9. The number of amides is 1. The normalized spacial score (nSPS) is 17.4. The Labute approximate surface area is 267 Å². The Kier molecular flexibility index (Phi) is 7.93. The molecule has 48 heavy (non-hydrogen) atoms. The number of aliphatic hydroxyl groups is 4. The Morgan fingerprint density at radius 3 is 2.46 bits per heavy atom. The van der Waals surface area contributed by atoms with Crippen LogP contribution in [-0.4, -0.2) is 83.9 Å². The number of fused-ring (bicyclic) bond motifs is 2. The molecule has 0 aromatic carbocycles. The molecule has 6 rings (SSSR count). The number of anilines is 2. The van der Waals surface area contributed by atoms with E-state index in [1.807, 2.05) is 0 Å². The maximum atomic E-state index is 13.4. The largest absolute Gasteiger partial charge is 0.504 e. The average Bonchev–Trinajstić information content (AvgIpc) is 3.76. The second-order valence-electron chi connectivity index (χ2n) is 12.1. The van der Waals surface area contributed by atoms with Gasteiger partial charge in [0.15, 0.2) is 0 Å². The van der Waals surface area contributed by atoms with Gasteiger partial charge in [0.1, 0.15) is 22.8 Å². The molecule has 2 atom stereocenters. The molecule has 2 unspecified atom stereocenters. The van der Waals surface area contributed by atoms with E-state index >= 15 is 0 Å². The molecule has 5 aromatic heterocycles. The summed E-state index contributed by atoms with van der Waals surface area (Å²) in [6.45, 7) is 3.10. The minimum atomic E-state index is -4.76. The van der Waals surface area contributed by atoms with Crippen molar-refractivity contribution in [3.63, 3.8) is 0 Å². The number of carbonyl (C=O) groups excluding carboxylic acids is 1. The van der Waals surface area contributed by atoms with Gasteiger partial charge in [0.25, 0.3) is 0 Å². The highest BCUT2D eigenvalue weighted by Crippen LogP contribution is 2.34. The molecular formula is C28H31F3N10O7. The van der Waals surface area contributed by atoms with E-state index in [1.54, 1.807) is 26.0 Å². The predicted molar refractivity (Wildman–Crippen MR) is 160 cm³/mol. The number of alkyl halides is 3. The topological polar surface area (TPSA) is 220 Å². The minimum absolute atomic E-state index is 0.00264. The van der Waals surface area contributed by atoms with Crippen molar-refractivity contribution < 1.29 is 43.1 Å². The zero-order chi connectivity index (χ0) is 34.8. The van der Waals surface area contributed by atoms with Crippen LogP contribution in [0, 0.1) is 0 Å². The van der Waals surface area contributed by atoms with Gasteiger partial charge < -0.3 is 35.8 Å². The lowest BCUT2D eigenvalue weighted by molar-refractivity contribution is -0.374. The molecule has 17 nitrogen and oxygen atoms in total. The van der Waals surface area contributed by atoms with Crippen molar-refractivity contribution in [3.8, 4) is 11.3 Å². The van der Waals surface area contributed by atoms with Crippen molar-refractivity contribution in [2.75, 3.05) is 12.4 Å². The van der Waals surface area contributed by atoms with Crippen molar-refractivity contribution >= 4 is 39.8 Å². The Bertz CT molecular complexity index is 2070. The van der Waals surface area contributed by atoms with E-state index in [-0.39, 0.29) is 56.7 Å². The first-order chi connectivity index (χ1) is 22.4. The third kappa shape index (κ3) is 6.29. The van der Waals surface area contributed by atoms with Crippen molar-refractivity contribution in [1.29, 1.82) is 0 Å². The number of hydrogen-bond acceptors (Lipinski definition) is 12. The molecule has 1 aliphatic rings. The highest BCUT2D eigenvalue weighted by molar-refractivity contribution is 5.91. The number of rotatable bonds is 8. The van der Waals surface area contributed by atoms with Crippen LogP contribution in [0.4, 0.5) is 29.6 Å². The van der Waals surface area contributed by atoms with Gasteiger partial charge in [-0.05, 0) is 45.2 Å². The number of ether oxygens (including phenoxy) is 1. The van der Waals surface area contributed by atoms with Gasteiger partial charge in [-0.2, -0.15) is 14.9 Å². The summed E-state index contributed by atoms with van der Waals surface area (Å²) in [5, 5.41) is 54.0. The van der Waals surface area contributed by atoms with Gasteiger partial charge in [0, 0.05) is 29.9 Å². The van der Waals surface area contributed by atoms with Crippen LogP contribution in [0.5, 0.6) is 0 Å². The smallest absolute Gasteiger partial charge is 0.453 e. The number of nitrogens with zero attached hydrogens (tertiary/aromatic N) is 8. The molecule has 0 aliphatic heterocycles. The summed E-state index contributed by atoms with van der Waals surface area (Å²) in [5.74, 6) is 0.316. The fourth-order valence-electron chi connectivity index (χ4n) is 5.90. The van der Waals surface area contributed by atoms with Gasteiger partial charge in [-0.3, -0.25) is 9.25 Å². The summed E-state index contributed by atoms with van der Waals surface area (Å²) in [6, 6.07) is 3.74. The Morgan fingerprint density at radius 1 is 1.06 bits per heavy atom. The summed E-state index contributed by atoms with van der Waals surface area (Å²) in [6.07, 6.45) is -4.81. The van der Waals surface area contributed by atoms with Crippen LogP contribution < -0.4 is 16.3 Å². The van der Waals surface area contributed by atoms with Crippen LogP contribution >= 0.6 is 0 Å². The molecule has 0 bridgehead atoms. The van der Waals surface area contributed by atoms with Gasteiger partial charge in [-0.25, -0.2) is 24.1 Å². The minimum Gasteiger partial charge on any atom is -0.453 e. The maximum absolute atomic E-state index is 13.4. The number of hydrogen-bond donors (Lipinski definition) is 6. The van der Waals surface area contributed by atoms with Gasteiger partial charge in [-0.1, -0.05) is 0 Å². The fraction of sp³-hybridized carbons (Fsp3) is 0.429. The predicted octanol–water partition coefficient (Wildman–Crippen LogP) is 1.79. The zero-order valence-electron chi connectivity index (χ0n) is 25.7. The third-order valence-corrected chi connectivity index (χ3v) is 7.84. The van der Waals surface area contributed by atoms with Crippen LogP contribution in [0.2, 0.25) is 0 Å². The van der Waals surface area contributed by atoms with E-state index in [0.29, 0.717) is 29.3 Å². The molecule has 256 valence electrons. The molecule has 20 heteroatoms. The van der Waals surface area contributed by atoms with Crippen LogP contribution in [-0.2, 0) is 23.7 Å². The Hall–Kier alpha value is -5.05. The SMILES string of the molecule is COC(=O)NC1CCC(n2c(=O)n(C(O)(O)O)c3cnc(Nc4ccc5c(n4)c(-c4cnn(C(F)(F)F)c4)nn5CC(C)(C)O)cc32)C1. The number of alkyl carbamates (subject to hydrolysis) is 1. The van der Waals surface area contributed by atoms with Crippen molar-refractivity contribution in [2.45, 2.75) is 69.7 Å². The van der Waals surface area contributed by atoms with Crippen LogP contribution in [0.15, 0.2) is 41.6 Å². The van der Waals surface area contributed by atoms with E-state index in [1.165, 1.54) is 22.4 Å². The summed E-state index contributed by atoms with van der Waals surface area (Å²) in [5.41, 5.74) is -1.40. The second kappa shape index (κ2) is 11.6. The maximum Gasteiger partial charge on any atom is 0.504 e. The highest BCUT2D eigenvalue weighted by Gasteiger charge is 2.35. The molecule has 0 radical (unpaired) electrons. The highest BCUT2D eigenvalue weighted by atomic mass is 19.4. The van der Waals surface area contributed by atoms with Gasteiger partial charge >= 0.3 is 24.2 Å². The van der Waals surface area contributed by atoms with Crippen molar-refractivity contribution in [3.05, 3.63) is 47.3 Å². The third-order valence-electron chi connectivity index (χ3n) is 7.84.